The van der Waals surface area contributed by atoms with E-state index in [0.717, 1.165) is 5.56 Å². The molecule has 0 aromatic heterocycles. The van der Waals surface area contributed by atoms with Crippen LogP contribution in [0.2, 0.25) is 0 Å². The molecule has 0 saturated carbocycles. The molecule has 0 spiro atoms. The summed E-state index contributed by atoms with van der Waals surface area (Å²) in [5.74, 6) is -0.312. The number of methoxy groups -OCH3 is 1. The van der Waals surface area contributed by atoms with Gasteiger partial charge in [0.05, 0.1) is 12.2 Å². The van der Waals surface area contributed by atoms with E-state index in [4.69, 9.17) is 14.5 Å². The maximum Gasteiger partial charge on any atom is 0.554 e. The molecular formula is C10H12BFO4. The van der Waals surface area contributed by atoms with Crippen molar-refractivity contribution >= 4 is 7.12 Å². The molecule has 4 nitrogen and oxygen atoms in total. The van der Waals surface area contributed by atoms with Gasteiger partial charge in [-0.15, -0.1) is 0 Å². The lowest BCUT2D eigenvalue weighted by Crippen LogP contribution is -2.43. The number of halogens is 1. The second kappa shape index (κ2) is 4.41. The van der Waals surface area contributed by atoms with E-state index in [-0.39, 0.29) is 11.3 Å². The Hall–Kier alpha value is -1.11. The van der Waals surface area contributed by atoms with Gasteiger partial charge >= 0.3 is 7.12 Å². The minimum absolute atomic E-state index is 0.0751. The first-order chi connectivity index (χ1) is 7.67. The first-order valence-corrected chi connectivity index (χ1v) is 4.96. The summed E-state index contributed by atoms with van der Waals surface area (Å²) in [4.78, 5) is 0. The number of ether oxygens (including phenoxy) is 1. The molecule has 16 heavy (non-hydrogen) atoms. The Morgan fingerprint density at radius 1 is 1.62 bits per heavy atom. The van der Waals surface area contributed by atoms with E-state index in [1.54, 1.807) is 6.07 Å². The van der Waals surface area contributed by atoms with Gasteiger partial charge in [0.2, 0.25) is 0 Å². The fraction of sp³-hybridized carbons (Fsp3) is 0.400. The summed E-state index contributed by atoms with van der Waals surface area (Å²) in [6.07, 6.45) is 0.431. The monoisotopic (exact) mass is 226 g/mol. The third-order valence-corrected chi connectivity index (χ3v) is 2.72. The van der Waals surface area contributed by atoms with Gasteiger partial charge < -0.3 is 19.5 Å². The molecule has 0 saturated heterocycles. The van der Waals surface area contributed by atoms with Crippen molar-refractivity contribution in [2.45, 2.75) is 19.0 Å². The lowest BCUT2D eigenvalue weighted by atomic mass is 9.74. The summed E-state index contributed by atoms with van der Waals surface area (Å²) in [5.41, 5.74) is 0.800. The SMILES string of the molecule is CO[C@H]1Cc2ccc(F)c(CO)c2OB1O. The zero-order valence-electron chi connectivity index (χ0n) is 8.81. The van der Waals surface area contributed by atoms with Crippen molar-refractivity contribution in [2.24, 2.45) is 0 Å². The topological polar surface area (TPSA) is 58.9 Å². The lowest BCUT2D eigenvalue weighted by Gasteiger charge is -2.27. The number of benzene rings is 1. The van der Waals surface area contributed by atoms with E-state index in [1.807, 2.05) is 0 Å². The van der Waals surface area contributed by atoms with Gasteiger partial charge in [-0.2, -0.15) is 0 Å². The zero-order chi connectivity index (χ0) is 11.7. The first-order valence-electron chi connectivity index (χ1n) is 4.96. The summed E-state index contributed by atoms with van der Waals surface area (Å²) >= 11 is 0. The molecule has 1 aliphatic heterocycles. The van der Waals surface area contributed by atoms with Gasteiger partial charge in [0.15, 0.2) is 0 Å². The highest BCUT2D eigenvalue weighted by atomic mass is 19.1. The molecule has 1 aromatic rings. The highest BCUT2D eigenvalue weighted by Gasteiger charge is 2.36. The molecule has 2 N–H and O–H groups in total. The second-order valence-corrected chi connectivity index (χ2v) is 3.66. The van der Waals surface area contributed by atoms with E-state index in [1.165, 1.54) is 13.2 Å². The Bertz CT molecular complexity index is 399. The average Bonchev–Trinajstić information content (AvgIpc) is 2.28. The molecule has 0 fully saturated rings. The van der Waals surface area contributed by atoms with Crippen LogP contribution in [-0.2, 0) is 17.8 Å². The van der Waals surface area contributed by atoms with Crippen LogP contribution >= 0.6 is 0 Å². The predicted octanol–water partition coefficient (Wildman–Crippen LogP) is 0.288. The Kier molecular flexibility index (Phi) is 3.14. The molecule has 1 heterocycles. The second-order valence-electron chi connectivity index (χ2n) is 3.66. The van der Waals surface area contributed by atoms with E-state index in [0.29, 0.717) is 6.42 Å². The highest BCUT2D eigenvalue weighted by Crippen LogP contribution is 2.32. The fourth-order valence-corrected chi connectivity index (χ4v) is 1.82. The van der Waals surface area contributed by atoms with E-state index in [9.17, 15) is 9.41 Å². The lowest BCUT2D eigenvalue weighted by molar-refractivity contribution is 0.124. The van der Waals surface area contributed by atoms with Crippen LogP contribution in [0.3, 0.4) is 0 Å². The number of aliphatic hydroxyl groups excluding tert-OH is 1. The van der Waals surface area contributed by atoms with Crippen molar-refractivity contribution in [3.05, 3.63) is 29.1 Å². The molecule has 1 aromatic carbocycles. The quantitative estimate of drug-likeness (QED) is 0.711. The van der Waals surface area contributed by atoms with Gasteiger partial charge in [0.25, 0.3) is 0 Å². The molecule has 0 aliphatic carbocycles. The highest BCUT2D eigenvalue weighted by molar-refractivity contribution is 6.46. The molecule has 1 atom stereocenters. The smallest absolute Gasteiger partial charge is 0.534 e. The fourth-order valence-electron chi connectivity index (χ4n) is 1.82. The van der Waals surface area contributed by atoms with Crippen LogP contribution in [0.4, 0.5) is 4.39 Å². The van der Waals surface area contributed by atoms with Crippen molar-refractivity contribution in [3.8, 4) is 5.75 Å². The Balaban J connectivity index is 2.42. The summed E-state index contributed by atoms with van der Waals surface area (Å²) in [6.45, 7) is -0.459. The maximum atomic E-state index is 13.3. The van der Waals surface area contributed by atoms with E-state index >= 15 is 0 Å². The third-order valence-electron chi connectivity index (χ3n) is 2.72. The first kappa shape index (κ1) is 11.4. The Morgan fingerprint density at radius 3 is 3.00 bits per heavy atom. The third kappa shape index (κ3) is 1.79. The van der Waals surface area contributed by atoms with E-state index in [2.05, 4.69) is 0 Å². The van der Waals surface area contributed by atoms with Crippen molar-refractivity contribution in [1.82, 2.24) is 0 Å². The molecular weight excluding hydrogens is 214 g/mol. The standard InChI is InChI=1S/C10H12BFO4/c1-15-9-4-6-2-3-8(12)7(5-13)10(6)16-11(9)14/h2-3,9,13-14H,4-5H2,1H3/t9-/m0/s1. The molecule has 0 amide bonds. The molecule has 0 unspecified atom stereocenters. The molecule has 6 heteroatoms. The number of fused-ring (bicyclic) bond motifs is 1. The largest absolute Gasteiger partial charge is 0.554 e. The predicted molar refractivity (Wildman–Crippen MR) is 55.4 cm³/mol. The maximum absolute atomic E-state index is 13.3. The normalized spacial score (nSPS) is 19.2. The minimum Gasteiger partial charge on any atom is -0.534 e. The molecule has 0 bridgehead atoms. The zero-order valence-corrected chi connectivity index (χ0v) is 8.81. The number of aliphatic hydroxyl groups is 1. The minimum atomic E-state index is -1.13. The van der Waals surface area contributed by atoms with Crippen LogP contribution in [0.5, 0.6) is 5.75 Å². The van der Waals surface area contributed by atoms with Crippen LogP contribution in [0.25, 0.3) is 0 Å². The van der Waals surface area contributed by atoms with Gasteiger partial charge in [-0.05, 0) is 11.6 Å². The summed E-state index contributed by atoms with van der Waals surface area (Å²) in [6, 6.07) is 2.38. The molecule has 1 aliphatic rings. The number of rotatable bonds is 2. The average molecular weight is 226 g/mol. The van der Waals surface area contributed by atoms with Crippen molar-refractivity contribution < 1.29 is 23.9 Å². The molecule has 2 rings (SSSR count). The summed E-state index contributed by atoms with van der Waals surface area (Å²) in [7, 11) is 0.336. The van der Waals surface area contributed by atoms with Gasteiger partial charge in [-0.25, -0.2) is 4.39 Å². The van der Waals surface area contributed by atoms with Crippen molar-refractivity contribution in [2.75, 3.05) is 7.11 Å². The Morgan fingerprint density at radius 2 is 2.38 bits per heavy atom. The molecule has 86 valence electrons. The van der Waals surface area contributed by atoms with Crippen LogP contribution in [0.1, 0.15) is 11.1 Å². The van der Waals surface area contributed by atoms with Crippen LogP contribution in [-0.4, -0.2) is 30.4 Å². The van der Waals surface area contributed by atoms with Gasteiger partial charge in [0.1, 0.15) is 17.6 Å². The van der Waals surface area contributed by atoms with E-state index < -0.39 is 25.5 Å². The van der Waals surface area contributed by atoms with Crippen LogP contribution < -0.4 is 4.65 Å². The summed E-state index contributed by atoms with van der Waals surface area (Å²) in [5, 5.41) is 18.6. The Labute approximate surface area is 92.8 Å². The van der Waals surface area contributed by atoms with Crippen LogP contribution in [0.15, 0.2) is 12.1 Å². The van der Waals surface area contributed by atoms with Crippen molar-refractivity contribution in [1.29, 1.82) is 0 Å². The molecule has 0 radical (unpaired) electrons. The number of hydrogen-bond donors (Lipinski definition) is 2. The van der Waals surface area contributed by atoms with Gasteiger partial charge in [0, 0.05) is 13.5 Å². The van der Waals surface area contributed by atoms with Crippen LogP contribution in [0, 0.1) is 5.82 Å². The van der Waals surface area contributed by atoms with Crippen molar-refractivity contribution in [3.63, 3.8) is 0 Å². The van der Waals surface area contributed by atoms with Gasteiger partial charge in [-0.3, -0.25) is 0 Å². The number of hydrogen-bond acceptors (Lipinski definition) is 4. The summed E-state index contributed by atoms with van der Waals surface area (Å²) < 4.78 is 23.5. The van der Waals surface area contributed by atoms with Gasteiger partial charge in [-0.1, -0.05) is 6.07 Å².